The molecule has 0 unspecified atom stereocenters. The van der Waals surface area contributed by atoms with Crippen molar-refractivity contribution in [3.8, 4) is 0 Å². The first-order valence-electron chi connectivity index (χ1n) is 7.70. The van der Waals surface area contributed by atoms with Crippen molar-refractivity contribution in [3.63, 3.8) is 0 Å². The second-order valence-corrected chi connectivity index (χ2v) is 6.13. The maximum absolute atomic E-state index is 12.8. The fourth-order valence-corrected chi connectivity index (χ4v) is 3.06. The number of ether oxygens (including phenoxy) is 1. The van der Waals surface area contributed by atoms with Crippen molar-refractivity contribution in [2.75, 3.05) is 32.1 Å². The number of piperidine rings is 1. The molecule has 1 aliphatic heterocycles. The van der Waals surface area contributed by atoms with Crippen LogP contribution in [0.15, 0.2) is 24.3 Å². The molecule has 1 N–H and O–H groups in total. The van der Waals surface area contributed by atoms with Crippen LogP contribution >= 0.6 is 0 Å². The molecule has 1 amide bonds. The molecule has 1 heterocycles. The fourth-order valence-electron chi connectivity index (χ4n) is 3.06. The zero-order valence-electron chi connectivity index (χ0n) is 13.5. The van der Waals surface area contributed by atoms with E-state index in [0.29, 0.717) is 23.1 Å². The van der Waals surface area contributed by atoms with Gasteiger partial charge in [-0.25, -0.2) is 0 Å². The van der Waals surface area contributed by atoms with Crippen LogP contribution < -0.4 is 5.32 Å². The van der Waals surface area contributed by atoms with Gasteiger partial charge in [0.25, 0.3) is 5.91 Å². The molecule has 0 radical (unpaired) electrons. The average molecular weight is 304 g/mol. The molecule has 1 aromatic rings. The Labute approximate surface area is 131 Å². The highest BCUT2D eigenvalue weighted by Gasteiger charge is 2.27. The minimum Gasteiger partial charge on any atom is -0.468 e. The van der Waals surface area contributed by atoms with E-state index in [1.807, 2.05) is 23.1 Å². The van der Waals surface area contributed by atoms with E-state index >= 15 is 0 Å². The van der Waals surface area contributed by atoms with Gasteiger partial charge in [-0.3, -0.25) is 9.59 Å². The van der Waals surface area contributed by atoms with Gasteiger partial charge in [0.1, 0.15) is 6.54 Å². The number of para-hydroxylation sites is 1. The molecular formula is C17H24N2O3. The number of esters is 1. The van der Waals surface area contributed by atoms with E-state index in [1.165, 1.54) is 7.11 Å². The Balaban J connectivity index is 2.13. The highest BCUT2D eigenvalue weighted by molar-refractivity contribution is 6.00. The molecule has 5 heteroatoms. The van der Waals surface area contributed by atoms with Crippen LogP contribution in [0.4, 0.5) is 5.69 Å². The van der Waals surface area contributed by atoms with E-state index in [2.05, 4.69) is 23.9 Å². The molecule has 22 heavy (non-hydrogen) atoms. The molecule has 1 saturated heterocycles. The Morgan fingerprint density at radius 2 is 1.86 bits per heavy atom. The lowest BCUT2D eigenvalue weighted by Gasteiger charge is -2.35. The number of carbonyl (C=O) groups is 2. The molecular weight excluding hydrogens is 280 g/mol. The maximum Gasteiger partial charge on any atom is 0.325 e. The summed E-state index contributed by atoms with van der Waals surface area (Å²) in [6, 6.07) is 7.30. The van der Waals surface area contributed by atoms with Gasteiger partial charge in [-0.2, -0.15) is 0 Å². The molecule has 120 valence electrons. The second kappa shape index (κ2) is 7.29. The third-order valence-electron chi connectivity index (χ3n) is 3.96. The van der Waals surface area contributed by atoms with Crippen molar-refractivity contribution in [1.29, 1.82) is 0 Å². The van der Waals surface area contributed by atoms with Crippen molar-refractivity contribution >= 4 is 17.6 Å². The maximum atomic E-state index is 12.8. The molecule has 2 atom stereocenters. The van der Waals surface area contributed by atoms with Crippen molar-refractivity contribution < 1.29 is 14.3 Å². The van der Waals surface area contributed by atoms with Gasteiger partial charge in [-0.05, 0) is 30.4 Å². The summed E-state index contributed by atoms with van der Waals surface area (Å²) >= 11 is 0. The molecule has 0 spiro atoms. The van der Waals surface area contributed by atoms with E-state index in [1.54, 1.807) is 6.07 Å². The van der Waals surface area contributed by atoms with Crippen molar-refractivity contribution in [3.05, 3.63) is 29.8 Å². The lowest BCUT2D eigenvalue weighted by molar-refractivity contribution is -0.138. The minimum absolute atomic E-state index is 0.0198. The normalized spacial score (nSPS) is 21.3. The fraction of sp³-hybridized carbons (Fsp3) is 0.529. The number of hydrogen-bond donors (Lipinski definition) is 1. The van der Waals surface area contributed by atoms with Crippen LogP contribution in [-0.4, -0.2) is 43.5 Å². The molecule has 5 nitrogen and oxygen atoms in total. The molecule has 0 saturated carbocycles. The number of methoxy groups -OCH3 is 1. The van der Waals surface area contributed by atoms with E-state index in [4.69, 9.17) is 0 Å². The van der Waals surface area contributed by atoms with Crippen LogP contribution in [0, 0.1) is 11.8 Å². The first-order chi connectivity index (χ1) is 10.5. The number of benzene rings is 1. The highest BCUT2D eigenvalue weighted by atomic mass is 16.5. The third kappa shape index (κ3) is 4.00. The average Bonchev–Trinajstić information content (AvgIpc) is 2.51. The standard InChI is InChI=1S/C17H24N2O3/c1-12-8-13(2)11-19(10-12)17(21)14-6-4-5-7-15(14)18-9-16(20)22-3/h4-7,12-13,18H,8-11H2,1-3H3/t12-,13-/m0/s1. The summed E-state index contributed by atoms with van der Waals surface area (Å²) in [5.41, 5.74) is 1.27. The van der Waals surface area contributed by atoms with Crippen LogP contribution in [0.25, 0.3) is 0 Å². The van der Waals surface area contributed by atoms with Crippen LogP contribution in [0.1, 0.15) is 30.6 Å². The number of amides is 1. The highest BCUT2D eigenvalue weighted by Crippen LogP contribution is 2.24. The number of likely N-dealkylation sites (tertiary alicyclic amines) is 1. The predicted molar refractivity (Wildman–Crippen MR) is 85.8 cm³/mol. The molecule has 1 aliphatic rings. The van der Waals surface area contributed by atoms with E-state index in [9.17, 15) is 9.59 Å². The summed E-state index contributed by atoms with van der Waals surface area (Å²) in [5.74, 6) is 0.694. The summed E-state index contributed by atoms with van der Waals surface area (Å²) in [5, 5.41) is 2.98. The number of nitrogens with one attached hydrogen (secondary N) is 1. The van der Waals surface area contributed by atoms with Crippen LogP contribution in [0.2, 0.25) is 0 Å². The van der Waals surface area contributed by atoms with Gasteiger partial charge in [-0.15, -0.1) is 0 Å². The lowest BCUT2D eigenvalue weighted by Crippen LogP contribution is -2.42. The smallest absolute Gasteiger partial charge is 0.325 e. The van der Waals surface area contributed by atoms with Gasteiger partial charge in [0.05, 0.1) is 12.7 Å². The number of anilines is 1. The molecule has 1 aromatic carbocycles. The first kappa shape index (κ1) is 16.3. The third-order valence-corrected chi connectivity index (χ3v) is 3.96. The number of hydrogen-bond acceptors (Lipinski definition) is 4. The summed E-state index contributed by atoms with van der Waals surface area (Å²) < 4.78 is 4.62. The Morgan fingerprint density at radius 1 is 1.23 bits per heavy atom. The SMILES string of the molecule is COC(=O)CNc1ccccc1C(=O)N1C[C@@H](C)C[C@H](C)C1. The Morgan fingerprint density at radius 3 is 2.50 bits per heavy atom. The Kier molecular flexibility index (Phi) is 5.41. The van der Waals surface area contributed by atoms with Gasteiger partial charge < -0.3 is 15.0 Å². The van der Waals surface area contributed by atoms with Gasteiger partial charge in [0.15, 0.2) is 0 Å². The number of nitrogens with zero attached hydrogens (tertiary/aromatic N) is 1. The summed E-state index contributed by atoms with van der Waals surface area (Å²) in [7, 11) is 1.34. The van der Waals surface area contributed by atoms with Crippen LogP contribution in [0.5, 0.6) is 0 Å². The van der Waals surface area contributed by atoms with Crippen molar-refractivity contribution in [2.45, 2.75) is 20.3 Å². The van der Waals surface area contributed by atoms with Crippen molar-refractivity contribution in [1.82, 2.24) is 4.90 Å². The molecule has 0 aromatic heterocycles. The molecule has 0 aliphatic carbocycles. The molecule has 2 rings (SSSR count). The predicted octanol–water partition coefficient (Wildman–Crippen LogP) is 2.39. The summed E-state index contributed by atoms with van der Waals surface area (Å²) in [6.45, 7) is 5.98. The van der Waals surface area contributed by atoms with E-state index in [-0.39, 0.29) is 18.4 Å². The Hall–Kier alpha value is -2.04. The topological polar surface area (TPSA) is 58.6 Å². The van der Waals surface area contributed by atoms with Gasteiger partial charge >= 0.3 is 5.97 Å². The molecule has 0 bridgehead atoms. The largest absolute Gasteiger partial charge is 0.468 e. The van der Waals surface area contributed by atoms with Gasteiger partial charge in [0.2, 0.25) is 0 Å². The monoisotopic (exact) mass is 304 g/mol. The van der Waals surface area contributed by atoms with Gasteiger partial charge in [0, 0.05) is 18.8 Å². The Bertz CT molecular complexity index is 534. The zero-order chi connectivity index (χ0) is 16.1. The van der Waals surface area contributed by atoms with Gasteiger partial charge in [-0.1, -0.05) is 26.0 Å². The van der Waals surface area contributed by atoms with E-state index in [0.717, 1.165) is 19.5 Å². The first-order valence-corrected chi connectivity index (χ1v) is 7.70. The van der Waals surface area contributed by atoms with E-state index < -0.39 is 0 Å². The van der Waals surface area contributed by atoms with Crippen LogP contribution in [-0.2, 0) is 9.53 Å². The van der Waals surface area contributed by atoms with Crippen LogP contribution in [0.3, 0.4) is 0 Å². The lowest BCUT2D eigenvalue weighted by atomic mass is 9.91. The molecule has 1 fully saturated rings. The number of carbonyl (C=O) groups excluding carboxylic acids is 2. The summed E-state index contributed by atoms with van der Waals surface area (Å²) in [6.07, 6.45) is 1.16. The second-order valence-electron chi connectivity index (χ2n) is 6.13. The summed E-state index contributed by atoms with van der Waals surface area (Å²) in [4.78, 5) is 26.0. The van der Waals surface area contributed by atoms with Crippen molar-refractivity contribution in [2.24, 2.45) is 11.8 Å². The minimum atomic E-state index is -0.359. The zero-order valence-corrected chi connectivity index (χ0v) is 13.5. The quantitative estimate of drug-likeness (QED) is 0.868. The number of rotatable bonds is 4.